The van der Waals surface area contributed by atoms with Gasteiger partial charge in [-0.05, 0) is 54.2 Å². The van der Waals surface area contributed by atoms with Gasteiger partial charge in [0.2, 0.25) is 11.8 Å². The van der Waals surface area contributed by atoms with Gasteiger partial charge in [0.1, 0.15) is 11.5 Å². The number of rotatable bonds is 9. The zero-order chi connectivity index (χ0) is 20.8. The lowest BCUT2D eigenvalue weighted by atomic mass is 10.00. The predicted molar refractivity (Wildman–Crippen MR) is 111 cm³/mol. The first-order valence-electron chi connectivity index (χ1n) is 9.84. The average molecular weight is 396 g/mol. The van der Waals surface area contributed by atoms with Crippen molar-refractivity contribution in [1.82, 2.24) is 10.6 Å². The van der Waals surface area contributed by atoms with E-state index in [0.29, 0.717) is 5.92 Å². The standard InChI is InChI=1S/C23H28N2O4/c1-15(26)24-21(16-6-10-19(28-2)11-7-16)14-22(27)25-23(17-4-5-17)18-8-12-20(29-3)13-9-18/h6-13,17,21,23H,4-5,14H2,1-3H3,(H,24,26)(H,25,27). The Morgan fingerprint density at radius 2 is 1.41 bits per heavy atom. The minimum Gasteiger partial charge on any atom is -0.497 e. The lowest BCUT2D eigenvalue weighted by molar-refractivity contribution is -0.123. The number of methoxy groups -OCH3 is 2. The van der Waals surface area contributed by atoms with Crippen LogP contribution in [-0.4, -0.2) is 26.0 Å². The molecule has 6 nitrogen and oxygen atoms in total. The maximum absolute atomic E-state index is 12.9. The van der Waals surface area contributed by atoms with Gasteiger partial charge in [-0.3, -0.25) is 9.59 Å². The molecule has 0 aliphatic heterocycles. The Labute approximate surface area is 171 Å². The van der Waals surface area contributed by atoms with Gasteiger partial charge in [0.25, 0.3) is 0 Å². The largest absolute Gasteiger partial charge is 0.497 e. The third-order valence-corrected chi connectivity index (χ3v) is 5.17. The van der Waals surface area contributed by atoms with Crippen molar-refractivity contribution in [2.75, 3.05) is 14.2 Å². The Morgan fingerprint density at radius 1 is 0.897 bits per heavy atom. The minimum absolute atomic E-state index is 0.0257. The number of amides is 2. The van der Waals surface area contributed by atoms with Crippen molar-refractivity contribution in [3.05, 3.63) is 59.7 Å². The van der Waals surface area contributed by atoms with Crippen molar-refractivity contribution in [3.63, 3.8) is 0 Å². The fourth-order valence-electron chi connectivity index (χ4n) is 3.47. The van der Waals surface area contributed by atoms with Gasteiger partial charge in [0.05, 0.1) is 32.7 Å². The van der Waals surface area contributed by atoms with Crippen LogP contribution in [0.15, 0.2) is 48.5 Å². The fourth-order valence-corrected chi connectivity index (χ4v) is 3.47. The van der Waals surface area contributed by atoms with Crippen LogP contribution in [-0.2, 0) is 9.59 Å². The van der Waals surface area contributed by atoms with E-state index in [1.165, 1.54) is 6.92 Å². The van der Waals surface area contributed by atoms with Gasteiger partial charge in [0, 0.05) is 6.92 Å². The van der Waals surface area contributed by atoms with Crippen LogP contribution in [0.5, 0.6) is 11.5 Å². The molecule has 2 atom stereocenters. The summed E-state index contributed by atoms with van der Waals surface area (Å²) in [5.41, 5.74) is 1.94. The van der Waals surface area contributed by atoms with Gasteiger partial charge in [-0.1, -0.05) is 24.3 Å². The molecule has 154 valence electrons. The SMILES string of the molecule is COc1ccc(C(CC(=O)NC(c2ccc(OC)cc2)C2CC2)NC(C)=O)cc1. The normalized spacial score (nSPS) is 15.1. The van der Waals surface area contributed by atoms with E-state index < -0.39 is 6.04 Å². The number of nitrogens with one attached hydrogen (secondary N) is 2. The van der Waals surface area contributed by atoms with Crippen molar-refractivity contribution in [2.45, 2.75) is 38.3 Å². The molecule has 1 saturated carbocycles. The smallest absolute Gasteiger partial charge is 0.222 e. The topological polar surface area (TPSA) is 76.7 Å². The molecule has 29 heavy (non-hydrogen) atoms. The lowest BCUT2D eigenvalue weighted by Crippen LogP contribution is -2.35. The number of ether oxygens (including phenoxy) is 2. The second-order valence-electron chi connectivity index (χ2n) is 7.39. The zero-order valence-electron chi connectivity index (χ0n) is 17.1. The molecule has 0 spiro atoms. The second-order valence-corrected chi connectivity index (χ2v) is 7.39. The lowest BCUT2D eigenvalue weighted by Gasteiger charge is -2.22. The third-order valence-electron chi connectivity index (χ3n) is 5.17. The Morgan fingerprint density at radius 3 is 1.86 bits per heavy atom. The van der Waals surface area contributed by atoms with Crippen molar-refractivity contribution in [1.29, 1.82) is 0 Å². The van der Waals surface area contributed by atoms with E-state index in [1.807, 2.05) is 48.5 Å². The quantitative estimate of drug-likeness (QED) is 0.680. The van der Waals surface area contributed by atoms with Gasteiger partial charge in [-0.15, -0.1) is 0 Å². The summed E-state index contributed by atoms with van der Waals surface area (Å²) < 4.78 is 10.4. The number of hydrogen-bond acceptors (Lipinski definition) is 4. The van der Waals surface area contributed by atoms with Gasteiger partial charge in [-0.25, -0.2) is 0 Å². The van der Waals surface area contributed by atoms with Crippen LogP contribution in [0.3, 0.4) is 0 Å². The molecular weight excluding hydrogens is 368 g/mol. The van der Waals surface area contributed by atoms with E-state index in [0.717, 1.165) is 35.5 Å². The first-order chi connectivity index (χ1) is 14.0. The number of benzene rings is 2. The summed E-state index contributed by atoms with van der Waals surface area (Å²) in [5.74, 6) is 1.71. The van der Waals surface area contributed by atoms with E-state index in [-0.39, 0.29) is 24.3 Å². The van der Waals surface area contributed by atoms with E-state index in [1.54, 1.807) is 14.2 Å². The van der Waals surface area contributed by atoms with Crippen LogP contribution >= 0.6 is 0 Å². The molecule has 2 aromatic rings. The number of carbonyl (C=O) groups excluding carboxylic acids is 2. The maximum atomic E-state index is 12.9. The highest BCUT2D eigenvalue weighted by Gasteiger charge is 2.34. The Bertz CT molecular complexity index is 829. The summed E-state index contributed by atoms with van der Waals surface area (Å²) in [4.78, 5) is 24.5. The van der Waals surface area contributed by atoms with E-state index >= 15 is 0 Å². The summed E-state index contributed by atoms with van der Waals surface area (Å²) in [6.07, 6.45) is 2.38. The molecule has 2 aromatic carbocycles. The molecule has 3 rings (SSSR count). The van der Waals surface area contributed by atoms with Crippen LogP contribution in [0.2, 0.25) is 0 Å². The minimum atomic E-state index is -0.394. The van der Waals surface area contributed by atoms with Crippen LogP contribution in [0.25, 0.3) is 0 Å². The highest BCUT2D eigenvalue weighted by atomic mass is 16.5. The number of hydrogen-bond donors (Lipinski definition) is 2. The summed E-state index contributed by atoms with van der Waals surface area (Å²) in [7, 11) is 3.24. The van der Waals surface area contributed by atoms with Gasteiger partial charge < -0.3 is 20.1 Å². The van der Waals surface area contributed by atoms with E-state index in [4.69, 9.17) is 9.47 Å². The highest BCUT2D eigenvalue weighted by Crippen LogP contribution is 2.41. The van der Waals surface area contributed by atoms with Crippen LogP contribution in [0, 0.1) is 5.92 Å². The summed E-state index contributed by atoms with van der Waals surface area (Å²) in [5, 5.41) is 6.05. The molecule has 1 aliphatic rings. The molecular formula is C23H28N2O4. The maximum Gasteiger partial charge on any atom is 0.222 e. The first kappa shape index (κ1) is 20.7. The molecule has 0 saturated heterocycles. The van der Waals surface area contributed by atoms with E-state index in [2.05, 4.69) is 10.6 Å². The molecule has 1 fully saturated rings. The molecule has 1 aliphatic carbocycles. The van der Waals surface area contributed by atoms with Gasteiger partial charge in [-0.2, -0.15) is 0 Å². The van der Waals surface area contributed by atoms with Gasteiger partial charge >= 0.3 is 0 Å². The van der Waals surface area contributed by atoms with E-state index in [9.17, 15) is 9.59 Å². The van der Waals surface area contributed by atoms with Crippen LogP contribution in [0.1, 0.15) is 49.4 Å². The molecule has 0 aromatic heterocycles. The van der Waals surface area contributed by atoms with Crippen molar-refractivity contribution in [3.8, 4) is 11.5 Å². The second kappa shape index (κ2) is 9.45. The summed E-state index contributed by atoms with van der Waals surface area (Å²) in [6.45, 7) is 1.46. The zero-order valence-corrected chi connectivity index (χ0v) is 17.1. The highest BCUT2D eigenvalue weighted by molar-refractivity contribution is 5.79. The third kappa shape index (κ3) is 5.73. The predicted octanol–water partition coefficient (Wildman–Crippen LogP) is 3.54. The van der Waals surface area contributed by atoms with Crippen molar-refractivity contribution < 1.29 is 19.1 Å². The molecule has 6 heteroatoms. The number of carbonyl (C=O) groups is 2. The summed E-state index contributed by atoms with van der Waals surface area (Å²) >= 11 is 0. The molecule has 2 amide bonds. The Balaban J connectivity index is 1.70. The fraction of sp³-hybridized carbons (Fsp3) is 0.391. The van der Waals surface area contributed by atoms with Crippen LogP contribution in [0.4, 0.5) is 0 Å². The molecule has 2 N–H and O–H groups in total. The Hall–Kier alpha value is -3.02. The molecule has 2 unspecified atom stereocenters. The monoisotopic (exact) mass is 396 g/mol. The first-order valence-corrected chi connectivity index (χ1v) is 9.84. The van der Waals surface area contributed by atoms with Crippen molar-refractivity contribution >= 4 is 11.8 Å². The molecule has 0 radical (unpaired) electrons. The van der Waals surface area contributed by atoms with Gasteiger partial charge in [0.15, 0.2) is 0 Å². The molecule has 0 heterocycles. The van der Waals surface area contributed by atoms with Crippen LogP contribution < -0.4 is 20.1 Å². The summed E-state index contributed by atoms with van der Waals surface area (Å²) in [6, 6.07) is 14.8. The average Bonchev–Trinajstić information content (AvgIpc) is 3.56. The van der Waals surface area contributed by atoms with Crippen molar-refractivity contribution in [2.24, 2.45) is 5.92 Å². The Kier molecular flexibility index (Phi) is 6.75. The molecule has 0 bridgehead atoms.